The van der Waals surface area contributed by atoms with E-state index in [1.807, 2.05) is 48.7 Å². The lowest BCUT2D eigenvalue weighted by atomic mass is 10.0. The van der Waals surface area contributed by atoms with Gasteiger partial charge in [0, 0.05) is 47.3 Å². The van der Waals surface area contributed by atoms with E-state index in [0.29, 0.717) is 12.2 Å². The molecule has 0 saturated heterocycles. The van der Waals surface area contributed by atoms with Gasteiger partial charge in [0.05, 0.1) is 11.3 Å². The molecule has 6 heteroatoms. The number of aryl methyl sites for hydroxylation is 2. The number of anilines is 2. The van der Waals surface area contributed by atoms with Crippen molar-refractivity contribution in [3.63, 3.8) is 0 Å². The number of hydrogen-bond donors (Lipinski definition) is 3. The van der Waals surface area contributed by atoms with Crippen LogP contribution < -0.4 is 15.4 Å². The molecular formula is C32H31N5O. The average Bonchev–Trinajstić information content (AvgIpc) is 3.45. The molecule has 0 aliphatic heterocycles. The molecule has 3 N–H and O–H groups in total. The fourth-order valence-electron chi connectivity index (χ4n) is 4.61. The third kappa shape index (κ3) is 5.86. The standard InChI is InChI=1S/C32H31N5O/c1-23-28-15-17-36-31(28)14-13-30(23)37-32-26(20-33)21-35-22-29(32)25-9-11-27(12-10-25)38-19-18-34-16-5-8-24-6-3-2-4-7-24/h2-4,6-7,9-15,17,21-22,34,36H,5,8,16,18-19H2,1H3,(H,35,37). The fourth-order valence-corrected chi connectivity index (χ4v) is 4.61. The molecule has 38 heavy (non-hydrogen) atoms. The third-order valence-corrected chi connectivity index (χ3v) is 6.70. The molecule has 0 radical (unpaired) electrons. The normalized spacial score (nSPS) is 10.8. The first-order chi connectivity index (χ1) is 18.7. The summed E-state index contributed by atoms with van der Waals surface area (Å²) in [6.07, 6.45) is 7.51. The van der Waals surface area contributed by atoms with E-state index in [0.717, 1.165) is 70.6 Å². The maximum atomic E-state index is 9.79. The molecular weight excluding hydrogens is 470 g/mol. The van der Waals surface area contributed by atoms with Crippen molar-refractivity contribution in [2.24, 2.45) is 0 Å². The van der Waals surface area contributed by atoms with Gasteiger partial charge in [-0.3, -0.25) is 4.98 Å². The second kappa shape index (κ2) is 12.1. The summed E-state index contributed by atoms with van der Waals surface area (Å²) >= 11 is 0. The molecule has 0 spiro atoms. The van der Waals surface area contributed by atoms with Crippen molar-refractivity contribution in [2.75, 3.05) is 25.0 Å². The molecule has 0 amide bonds. The molecule has 0 unspecified atom stereocenters. The van der Waals surface area contributed by atoms with Crippen LogP contribution in [0.15, 0.2) is 91.4 Å². The zero-order valence-electron chi connectivity index (χ0n) is 21.5. The molecule has 0 aliphatic carbocycles. The molecule has 2 heterocycles. The van der Waals surface area contributed by atoms with Crippen molar-refractivity contribution in [1.82, 2.24) is 15.3 Å². The van der Waals surface area contributed by atoms with Gasteiger partial charge >= 0.3 is 0 Å². The number of pyridine rings is 1. The smallest absolute Gasteiger partial charge is 0.119 e. The maximum absolute atomic E-state index is 9.79. The Morgan fingerprint density at radius 1 is 0.947 bits per heavy atom. The second-order valence-electron chi connectivity index (χ2n) is 9.24. The van der Waals surface area contributed by atoms with E-state index in [9.17, 15) is 5.26 Å². The number of H-pyrrole nitrogens is 1. The minimum absolute atomic E-state index is 0.495. The SMILES string of the molecule is Cc1c(Nc2c(C#N)cncc2-c2ccc(OCCNCCCc3ccccc3)cc2)ccc2[nH]ccc12. The molecule has 0 atom stereocenters. The van der Waals surface area contributed by atoms with E-state index in [2.05, 4.69) is 63.9 Å². The number of nitriles is 1. The Morgan fingerprint density at radius 3 is 2.61 bits per heavy atom. The molecule has 0 fully saturated rings. The van der Waals surface area contributed by atoms with Crippen LogP contribution in [0.5, 0.6) is 5.75 Å². The van der Waals surface area contributed by atoms with Gasteiger partial charge in [-0.15, -0.1) is 0 Å². The second-order valence-corrected chi connectivity index (χ2v) is 9.24. The predicted molar refractivity (Wildman–Crippen MR) is 154 cm³/mol. The predicted octanol–water partition coefficient (Wildman–Crippen LogP) is 6.75. The van der Waals surface area contributed by atoms with Crippen LogP contribution in [-0.2, 0) is 6.42 Å². The van der Waals surface area contributed by atoms with Crippen LogP contribution in [0.25, 0.3) is 22.0 Å². The molecule has 0 saturated carbocycles. The van der Waals surface area contributed by atoms with E-state index in [1.165, 1.54) is 5.56 Å². The monoisotopic (exact) mass is 501 g/mol. The fraction of sp³-hybridized carbons (Fsp3) is 0.188. The minimum atomic E-state index is 0.495. The molecule has 3 aromatic carbocycles. The number of fused-ring (bicyclic) bond motifs is 1. The van der Waals surface area contributed by atoms with Gasteiger partial charge in [-0.1, -0.05) is 42.5 Å². The van der Waals surface area contributed by atoms with E-state index >= 15 is 0 Å². The van der Waals surface area contributed by atoms with Crippen molar-refractivity contribution in [3.8, 4) is 22.9 Å². The van der Waals surface area contributed by atoms with Crippen molar-refractivity contribution in [2.45, 2.75) is 19.8 Å². The van der Waals surface area contributed by atoms with Crippen LogP contribution >= 0.6 is 0 Å². The van der Waals surface area contributed by atoms with Crippen LogP contribution in [0.3, 0.4) is 0 Å². The van der Waals surface area contributed by atoms with Crippen molar-refractivity contribution >= 4 is 22.3 Å². The van der Waals surface area contributed by atoms with E-state index < -0.39 is 0 Å². The van der Waals surface area contributed by atoms with Gasteiger partial charge in [-0.2, -0.15) is 5.26 Å². The highest BCUT2D eigenvalue weighted by Gasteiger charge is 2.14. The number of benzene rings is 3. The summed E-state index contributed by atoms with van der Waals surface area (Å²) in [6, 6.07) is 26.9. The minimum Gasteiger partial charge on any atom is -0.492 e. The van der Waals surface area contributed by atoms with Crippen LogP contribution in [0.1, 0.15) is 23.1 Å². The van der Waals surface area contributed by atoms with Gasteiger partial charge in [0.1, 0.15) is 18.4 Å². The Bertz CT molecular complexity index is 1530. The molecule has 5 aromatic rings. The summed E-state index contributed by atoms with van der Waals surface area (Å²) in [5.74, 6) is 0.812. The lowest BCUT2D eigenvalue weighted by Gasteiger charge is -2.16. The van der Waals surface area contributed by atoms with Gasteiger partial charge in [0.2, 0.25) is 0 Å². The quantitative estimate of drug-likeness (QED) is 0.174. The maximum Gasteiger partial charge on any atom is 0.119 e. The lowest BCUT2D eigenvalue weighted by molar-refractivity contribution is 0.314. The van der Waals surface area contributed by atoms with Crippen molar-refractivity contribution in [3.05, 3.63) is 108 Å². The van der Waals surface area contributed by atoms with Crippen LogP contribution in [0.4, 0.5) is 11.4 Å². The first kappa shape index (κ1) is 25.1. The highest BCUT2D eigenvalue weighted by atomic mass is 16.5. The van der Waals surface area contributed by atoms with E-state index in [4.69, 9.17) is 4.74 Å². The number of ether oxygens (including phenoxy) is 1. The first-order valence-corrected chi connectivity index (χ1v) is 12.9. The molecule has 5 rings (SSSR count). The summed E-state index contributed by atoms with van der Waals surface area (Å²) in [5.41, 5.74) is 7.60. The van der Waals surface area contributed by atoms with Crippen LogP contribution in [0.2, 0.25) is 0 Å². The summed E-state index contributed by atoms with van der Waals surface area (Å²) in [5, 5.41) is 17.9. The largest absolute Gasteiger partial charge is 0.492 e. The Kier molecular flexibility index (Phi) is 7.98. The Balaban J connectivity index is 1.20. The molecule has 0 aliphatic rings. The summed E-state index contributed by atoms with van der Waals surface area (Å²) < 4.78 is 5.93. The average molecular weight is 502 g/mol. The van der Waals surface area contributed by atoms with Crippen LogP contribution in [-0.4, -0.2) is 29.7 Å². The van der Waals surface area contributed by atoms with Crippen molar-refractivity contribution in [1.29, 1.82) is 5.26 Å². The van der Waals surface area contributed by atoms with Gasteiger partial charge in [-0.05, 0) is 73.3 Å². The zero-order valence-corrected chi connectivity index (χ0v) is 21.5. The molecule has 0 bridgehead atoms. The van der Waals surface area contributed by atoms with Gasteiger partial charge in [-0.25, -0.2) is 0 Å². The number of nitrogens with one attached hydrogen (secondary N) is 3. The molecule has 2 aromatic heterocycles. The number of rotatable bonds is 11. The van der Waals surface area contributed by atoms with Crippen molar-refractivity contribution < 1.29 is 4.74 Å². The first-order valence-electron chi connectivity index (χ1n) is 12.9. The Hall–Kier alpha value is -4.60. The highest BCUT2D eigenvalue weighted by Crippen LogP contribution is 2.35. The Morgan fingerprint density at radius 2 is 1.79 bits per heavy atom. The van der Waals surface area contributed by atoms with E-state index in [-0.39, 0.29) is 0 Å². The third-order valence-electron chi connectivity index (χ3n) is 6.70. The van der Waals surface area contributed by atoms with E-state index in [1.54, 1.807) is 12.4 Å². The number of nitrogens with zero attached hydrogens (tertiary/aromatic N) is 2. The van der Waals surface area contributed by atoms with Gasteiger partial charge < -0.3 is 20.4 Å². The molecule has 190 valence electrons. The topological polar surface area (TPSA) is 85.8 Å². The van der Waals surface area contributed by atoms with Gasteiger partial charge in [0.25, 0.3) is 0 Å². The molecule has 6 nitrogen and oxygen atoms in total. The van der Waals surface area contributed by atoms with Crippen LogP contribution in [0, 0.1) is 18.3 Å². The Labute approximate surface area is 223 Å². The van der Waals surface area contributed by atoms with Gasteiger partial charge in [0.15, 0.2) is 0 Å². The highest BCUT2D eigenvalue weighted by molar-refractivity contribution is 5.91. The number of aromatic amines is 1. The summed E-state index contributed by atoms with van der Waals surface area (Å²) in [7, 11) is 0. The zero-order chi connectivity index (χ0) is 26.2. The number of aromatic nitrogens is 2. The summed E-state index contributed by atoms with van der Waals surface area (Å²) in [6.45, 7) is 4.44. The summed E-state index contributed by atoms with van der Waals surface area (Å²) in [4.78, 5) is 7.56. The number of hydrogen-bond acceptors (Lipinski definition) is 5. The lowest BCUT2D eigenvalue weighted by Crippen LogP contribution is -2.22.